The fraction of sp³-hybridized carbons (Fsp3) is 1.00. The topological polar surface area (TPSA) is 74.6 Å². The van der Waals surface area contributed by atoms with Crippen LogP contribution in [-0.2, 0) is 10.1 Å². The molecule has 0 aliphatic rings. The van der Waals surface area contributed by atoms with Gasteiger partial charge in [-0.2, -0.15) is 0 Å². The maximum absolute atomic E-state index is 10.4. The first-order chi connectivity index (χ1) is 5.66. The minimum atomic E-state index is -4.03. The van der Waals surface area contributed by atoms with Crippen LogP contribution in [0.3, 0.4) is 0 Å². The van der Waals surface area contributed by atoms with Gasteiger partial charge < -0.3 is 0 Å². The molecule has 0 spiro atoms. The van der Waals surface area contributed by atoms with Crippen LogP contribution in [0, 0.1) is 0 Å². The Balaban J connectivity index is 4.10. The maximum atomic E-state index is 10.4. The van der Waals surface area contributed by atoms with E-state index in [0.29, 0.717) is 6.16 Å². The van der Waals surface area contributed by atoms with Crippen LogP contribution >= 0.6 is 7.26 Å². The van der Waals surface area contributed by atoms with Crippen LogP contribution in [0.5, 0.6) is 0 Å². The molecule has 13 heavy (non-hydrogen) atoms. The summed E-state index contributed by atoms with van der Waals surface area (Å²) < 4.78 is 29.3. The summed E-state index contributed by atoms with van der Waals surface area (Å²) in [6, 6.07) is 0. The molecule has 0 fully saturated rings. The van der Waals surface area contributed by atoms with Gasteiger partial charge in [0.25, 0.3) is 0 Å². The van der Waals surface area contributed by atoms with Crippen LogP contribution in [0.25, 0.3) is 0 Å². The second kappa shape index (κ2) is 4.69. The van der Waals surface area contributed by atoms with Gasteiger partial charge in [-0.3, -0.25) is 0 Å². The molecular weight excluding hydrogens is 211 g/mol. The molecule has 0 aromatic carbocycles. The zero-order valence-corrected chi connectivity index (χ0v) is 10.1. The third-order valence-corrected chi connectivity index (χ3v) is 6.44. The van der Waals surface area contributed by atoms with E-state index in [-0.39, 0.29) is 0 Å². The molecule has 0 aliphatic heterocycles. The van der Waals surface area contributed by atoms with E-state index in [2.05, 4.69) is 13.3 Å². The van der Waals surface area contributed by atoms with Gasteiger partial charge in [-0.25, -0.2) is 0 Å². The van der Waals surface area contributed by atoms with Crippen LogP contribution in [0.1, 0.15) is 6.92 Å². The van der Waals surface area contributed by atoms with Crippen LogP contribution in [0.2, 0.25) is 0 Å². The van der Waals surface area contributed by atoms with Gasteiger partial charge in [0, 0.05) is 0 Å². The second-order valence-electron chi connectivity index (χ2n) is 4.12. The average Bonchev–Trinajstić information content (AvgIpc) is 1.81. The van der Waals surface area contributed by atoms with Gasteiger partial charge in [0.05, 0.1) is 0 Å². The fourth-order valence-corrected chi connectivity index (χ4v) is 3.61. The van der Waals surface area contributed by atoms with Gasteiger partial charge in [0.15, 0.2) is 0 Å². The van der Waals surface area contributed by atoms with Gasteiger partial charge in [-0.05, 0) is 0 Å². The molecule has 0 amide bonds. The first-order valence-electron chi connectivity index (χ1n) is 4.29. The summed E-state index contributed by atoms with van der Waals surface area (Å²) in [6.45, 7) is 6.20. The summed E-state index contributed by atoms with van der Waals surface area (Å²) in [5.74, 6) is -0.538. The number of hydrogen-bond acceptors (Lipinski definition) is 3. The van der Waals surface area contributed by atoms with E-state index in [1.165, 1.54) is 0 Å². The first-order valence-corrected chi connectivity index (χ1v) is 9.32. The summed E-state index contributed by atoms with van der Waals surface area (Å²) in [7, 11) is -5.50. The van der Waals surface area contributed by atoms with E-state index in [0.717, 1.165) is 6.16 Å². The van der Waals surface area contributed by atoms with Crippen molar-refractivity contribution in [3.05, 3.63) is 0 Å². The SMILES string of the molecule is CC[PH](C)(C)CC(O)CS(=O)(=O)O. The van der Waals surface area contributed by atoms with Crippen molar-refractivity contribution in [3.8, 4) is 0 Å². The molecule has 0 saturated carbocycles. The third kappa shape index (κ3) is 7.38. The predicted molar refractivity (Wildman–Crippen MR) is 58.0 cm³/mol. The van der Waals surface area contributed by atoms with Crippen molar-refractivity contribution in [2.24, 2.45) is 0 Å². The number of hydrogen-bond donors (Lipinski definition) is 2. The predicted octanol–water partition coefficient (Wildman–Crippen LogP) is 0.264. The normalized spacial score (nSPS) is 17.0. The van der Waals surface area contributed by atoms with E-state index >= 15 is 0 Å². The molecule has 0 rings (SSSR count). The standard InChI is InChI=1S/C7H19O4PS/c1-4-12(2,3)5-7(8)6-13(9,10)11/h7-8,12H,4-6H2,1-3H3,(H,9,10,11). The second-order valence-corrected chi connectivity index (χ2v) is 11.1. The fourth-order valence-electron chi connectivity index (χ4n) is 1.08. The van der Waals surface area contributed by atoms with Crippen molar-refractivity contribution in [1.29, 1.82) is 0 Å². The average molecular weight is 230 g/mol. The molecule has 6 heteroatoms. The quantitative estimate of drug-likeness (QED) is 0.525. The molecule has 4 nitrogen and oxygen atoms in total. The van der Waals surface area contributed by atoms with E-state index < -0.39 is 29.2 Å². The Morgan fingerprint density at radius 1 is 1.38 bits per heavy atom. The molecule has 1 unspecified atom stereocenters. The molecule has 1 atom stereocenters. The number of rotatable bonds is 5. The molecule has 0 radical (unpaired) electrons. The zero-order valence-electron chi connectivity index (χ0n) is 8.32. The summed E-state index contributed by atoms with van der Waals surface area (Å²) in [6.07, 6.45) is 0.593. The molecule has 0 aromatic rings. The Kier molecular flexibility index (Phi) is 4.80. The van der Waals surface area contributed by atoms with Crippen molar-refractivity contribution in [3.63, 3.8) is 0 Å². The Bertz CT molecular complexity index is 247. The molecule has 0 heterocycles. The van der Waals surface area contributed by atoms with Gasteiger partial charge in [0.1, 0.15) is 0 Å². The zero-order chi connectivity index (χ0) is 10.7. The van der Waals surface area contributed by atoms with Gasteiger partial charge in [-0.15, -0.1) is 0 Å². The van der Waals surface area contributed by atoms with E-state index in [9.17, 15) is 13.5 Å². The molecular formula is C7H19O4PS. The molecule has 0 saturated heterocycles. The van der Waals surface area contributed by atoms with Crippen LogP contribution in [-0.4, -0.2) is 55.6 Å². The Labute approximate surface area is 80.4 Å². The van der Waals surface area contributed by atoms with Crippen LogP contribution in [0.15, 0.2) is 0 Å². The van der Waals surface area contributed by atoms with Crippen molar-refractivity contribution >= 4 is 17.4 Å². The van der Waals surface area contributed by atoms with Gasteiger partial charge >= 0.3 is 79.9 Å². The number of aliphatic hydroxyl groups is 1. The summed E-state index contributed by atoms with van der Waals surface area (Å²) in [5, 5.41) is 9.35. The van der Waals surface area contributed by atoms with Crippen LogP contribution in [0.4, 0.5) is 0 Å². The van der Waals surface area contributed by atoms with Crippen molar-refractivity contribution in [2.45, 2.75) is 13.0 Å². The Morgan fingerprint density at radius 3 is 2.15 bits per heavy atom. The van der Waals surface area contributed by atoms with Gasteiger partial charge in [-0.1, -0.05) is 0 Å². The monoisotopic (exact) mass is 230 g/mol. The third-order valence-electron chi connectivity index (χ3n) is 2.15. The molecule has 82 valence electrons. The molecule has 0 bridgehead atoms. The van der Waals surface area contributed by atoms with E-state index in [1.54, 1.807) is 0 Å². The van der Waals surface area contributed by atoms with Crippen molar-refractivity contribution in [2.75, 3.05) is 31.4 Å². The van der Waals surface area contributed by atoms with Crippen LogP contribution < -0.4 is 0 Å². The van der Waals surface area contributed by atoms with E-state index in [1.807, 2.05) is 6.92 Å². The Hall–Kier alpha value is 0.300. The molecule has 2 N–H and O–H groups in total. The molecule has 0 aliphatic carbocycles. The van der Waals surface area contributed by atoms with Gasteiger partial charge in [0.2, 0.25) is 0 Å². The number of aliphatic hydroxyl groups excluding tert-OH is 1. The summed E-state index contributed by atoms with van der Waals surface area (Å²) >= 11 is 0. The molecule has 0 aromatic heterocycles. The minimum absolute atomic E-state index is 0.517. The van der Waals surface area contributed by atoms with Crippen molar-refractivity contribution in [1.82, 2.24) is 0 Å². The van der Waals surface area contributed by atoms with E-state index in [4.69, 9.17) is 4.55 Å². The Morgan fingerprint density at radius 2 is 1.85 bits per heavy atom. The summed E-state index contributed by atoms with van der Waals surface area (Å²) in [5.41, 5.74) is 0. The summed E-state index contributed by atoms with van der Waals surface area (Å²) in [4.78, 5) is 0. The van der Waals surface area contributed by atoms with Crippen molar-refractivity contribution < 1.29 is 18.1 Å². The first kappa shape index (κ1) is 13.3.